The molecule has 2 unspecified atom stereocenters. The third kappa shape index (κ3) is 6.93. The molecule has 0 saturated heterocycles. The van der Waals surface area contributed by atoms with Gasteiger partial charge in [-0.1, -0.05) is 24.3 Å². The molecular weight excluding hydrogens is 270 g/mol. The number of hydrogen-bond donors (Lipinski definition) is 0. The Bertz CT molecular complexity index is 319. The van der Waals surface area contributed by atoms with Crippen LogP contribution < -0.4 is 0 Å². The summed E-state index contributed by atoms with van der Waals surface area (Å²) in [5.41, 5.74) is 2.52. The molecule has 1 aromatic carbocycles. The normalized spacial score (nSPS) is 11.1. The Labute approximate surface area is 110 Å². The first-order chi connectivity index (χ1) is 8.86. The molecule has 0 aromatic heterocycles. The summed E-state index contributed by atoms with van der Waals surface area (Å²) in [6.45, 7) is 1.08. The van der Waals surface area contributed by atoms with E-state index < -0.39 is 17.4 Å². The lowest BCUT2D eigenvalue weighted by atomic mass is 10.0. The molecule has 0 bridgehead atoms. The van der Waals surface area contributed by atoms with Crippen molar-refractivity contribution in [2.75, 3.05) is 13.2 Å². The Morgan fingerprint density at radius 3 is 1.50 bits per heavy atom. The third-order valence-electron chi connectivity index (χ3n) is 2.56. The van der Waals surface area contributed by atoms with Crippen LogP contribution in [0.2, 0.25) is 0 Å². The van der Waals surface area contributed by atoms with Gasteiger partial charge in [-0.05, 0) is 45.9 Å². The van der Waals surface area contributed by atoms with E-state index in [4.69, 9.17) is 9.05 Å². The predicted octanol–water partition coefficient (Wildman–Crippen LogP) is 3.46. The van der Waals surface area contributed by atoms with Gasteiger partial charge in [-0.25, -0.2) is 0 Å². The van der Waals surface area contributed by atoms with Crippen LogP contribution in [-0.2, 0) is 31.0 Å². The van der Waals surface area contributed by atoms with Gasteiger partial charge in [-0.3, -0.25) is 0 Å². The van der Waals surface area contributed by atoms with Crippen molar-refractivity contribution in [2.45, 2.75) is 25.7 Å². The monoisotopic (exact) mass is 288 g/mol. The lowest BCUT2D eigenvalue weighted by molar-refractivity contribution is 0.335. The van der Waals surface area contributed by atoms with Gasteiger partial charge in [0.2, 0.25) is 0 Å². The van der Waals surface area contributed by atoms with Crippen LogP contribution in [0.15, 0.2) is 24.3 Å². The van der Waals surface area contributed by atoms with E-state index in [2.05, 4.69) is 24.3 Å². The molecule has 0 aliphatic heterocycles. The summed E-state index contributed by atoms with van der Waals surface area (Å²) in [7, 11) is -1.32. The van der Waals surface area contributed by atoms with Crippen LogP contribution in [0, 0.1) is 0 Å². The zero-order valence-corrected chi connectivity index (χ0v) is 12.2. The average Bonchev–Trinajstić information content (AvgIpc) is 2.41. The molecular formula is C12H18O4P2+2. The lowest BCUT2D eigenvalue weighted by Gasteiger charge is -2.02. The van der Waals surface area contributed by atoms with Gasteiger partial charge in [0, 0.05) is 0 Å². The van der Waals surface area contributed by atoms with Crippen molar-refractivity contribution in [3.63, 3.8) is 0 Å². The summed E-state index contributed by atoms with van der Waals surface area (Å²) in [4.78, 5) is 0. The van der Waals surface area contributed by atoms with Gasteiger partial charge in [0.25, 0.3) is 0 Å². The summed E-state index contributed by atoms with van der Waals surface area (Å²) < 4.78 is 29.8. The van der Waals surface area contributed by atoms with Gasteiger partial charge in [-0.15, -0.1) is 9.05 Å². The second-order valence-corrected chi connectivity index (χ2v) is 4.80. The minimum Gasteiger partial charge on any atom is -0.148 e. The molecule has 6 heteroatoms. The van der Waals surface area contributed by atoms with Crippen LogP contribution in [0.25, 0.3) is 0 Å². The largest absolute Gasteiger partial charge is 0.494 e. The average molecular weight is 288 g/mol. The fourth-order valence-electron chi connectivity index (χ4n) is 1.65. The minimum absolute atomic E-state index is 0.539. The standard InChI is InChI=1S/C12H18O4P2/c13-17-15-9-1-3-11-5-7-12(8-6-11)4-2-10-16-18-14/h5-8,17-18H,1-4,9-10H2/q+2. The van der Waals surface area contributed by atoms with E-state index >= 15 is 0 Å². The van der Waals surface area contributed by atoms with Gasteiger partial charge in [0.1, 0.15) is 13.2 Å². The molecule has 0 aliphatic rings. The van der Waals surface area contributed by atoms with Crippen molar-refractivity contribution in [1.82, 2.24) is 0 Å². The van der Waals surface area contributed by atoms with E-state index in [1.807, 2.05) is 0 Å². The topological polar surface area (TPSA) is 52.6 Å². The molecule has 0 spiro atoms. The van der Waals surface area contributed by atoms with Crippen LogP contribution in [-0.4, -0.2) is 13.2 Å². The van der Waals surface area contributed by atoms with E-state index in [0.717, 1.165) is 25.7 Å². The number of rotatable bonds is 10. The summed E-state index contributed by atoms with van der Waals surface area (Å²) in [6, 6.07) is 8.41. The summed E-state index contributed by atoms with van der Waals surface area (Å²) in [6.07, 6.45) is 3.63. The highest BCUT2D eigenvalue weighted by atomic mass is 31.1. The number of benzene rings is 1. The maximum absolute atomic E-state index is 10.1. The van der Waals surface area contributed by atoms with Crippen molar-refractivity contribution in [2.24, 2.45) is 0 Å². The van der Waals surface area contributed by atoms with Crippen molar-refractivity contribution in [3.05, 3.63) is 35.4 Å². The molecule has 0 radical (unpaired) electrons. The Kier molecular flexibility index (Phi) is 8.79. The molecule has 4 nitrogen and oxygen atoms in total. The molecule has 0 fully saturated rings. The third-order valence-corrected chi connectivity index (χ3v) is 3.21. The highest BCUT2D eigenvalue weighted by Crippen LogP contribution is 2.10. The highest BCUT2D eigenvalue weighted by molar-refractivity contribution is 7.17. The quantitative estimate of drug-likeness (QED) is 0.488. The Morgan fingerprint density at radius 1 is 0.778 bits per heavy atom. The summed E-state index contributed by atoms with van der Waals surface area (Å²) in [5.74, 6) is 0. The zero-order chi connectivity index (χ0) is 13.1. The van der Waals surface area contributed by atoms with Crippen molar-refractivity contribution in [1.29, 1.82) is 0 Å². The zero-order valence-electron chi connectivity index (χ0n) is 10.2. The molecule has 1 aromatic rings. The Hall–Kier alpha value is -0.660. The molecule has 0 amide bonds. The van der Waals surface area contributed by atoms with E-state index in [0.29, 0.717) is 13.2 Å². The smallest absolute Gasteiger partial charge is 0.148 e. The highest BCUT2D eigenvalue weighted by Gasteiger charge is 1.99. The van der Waals surface area contributed by atoms with E-state index in [1.54, 1.807) is 0 Å². The Morgan fingerprint density at radius 2 is 1.17 bits per heavy atom. The van der Waals surface area contributed by atoms with E-state index in [1.165, 1.54) is 11.1 Å². The van der Waals surface area contributed by atoms with Crippen molar-refractivity contribution < 1.29 is 18.2 Å². The fraction of sp³-hybridized carbons (Fsp3) is 0.500. The first-order valence-electron chi connectivity index (χ1n) is 5.92. The molecule has 98 valence electrons. The van der Waals surface area contributed by atoms with Crippen LogP contribution in [0.3, 0.4) is 0 Å². The predicted molar refractivity (Wildman–Crippen MR) is 73.0 cm³/mol. The van der Waals surface area contributed by atoms with Gasteiger partial charge in [-0.2, -0.15) is 0 Å². The molecule has 0 saturated carbocycles. The summed E-state index contributed by atoms with van der Waals surface area (Å²) >= 11 is 0. The summed E-state index contributed by atoms with van der Waals surface area (Å²) in [5, 5.41) is 0. The SMILES string of the molecule is O=[PH+]OCCCc1ccc(CCCO[PH+]=O)cc1. The van der Waals surface area contributed by atoms with Crippen LogP contribution in [0.5, 0.6) is 0 Å². The van der Waals surface area contributed by atoms with Crippen molar-refractivity contribution >= 4 is 17.4 Å². The van der Waals surface area contributed by atoms with Gasteiger partial charge >= 0.3 is 17.4 Å². The number of aryl methyl sites for hydroxylation is 2. The van der Waals surface area contributed by atoms with Crippen LogP contribution in [0.1, 0.15) is 24.0 Å². The first-order valence-corrected chi connectivity index (χ1v) is 7.56. The lowest BCUT2D eigenvalue weighted by Crippen LogP contribution is -1.93. The molecule has 1 rings (SSSR count). The van der Waals surface area contributed by atoms with Crippen LogP contribution >= 0.6 is 17.4 Å². The molecule has 2 atom stereocenters. The van der Waals surface area contributed by atoms with Gasteiger partial charge < -0.3 is 0 Å². The molecule has 0 N–H and O–H groups in total. The second-order valence-electron chi connectivity index (χ2n) is 3.89. The van der Waals surface area contributed by atoms with Gasteiger partial charge in [0.15, 0.2) is 0 Å². The van der Waals surface area contributed by atoms with Crippen molar-refractivity contribution in [3.8, 4) is 0 Å². The van der Waals surface area contributed by atoms with Crippen LogP contribution in [0.4, 0.5) is 0 Å². The molecule has 18 heavy (non-hydrogen) atoms. The van der Waals surface area contributed by atoms with Gasteiger partial charge in [0.05, 0.1) is 0 Å². The molecule has 0 aliphatic carbocycles. The minimum atomic E-state index is -0.661. The maximum atomic E-state index is 10.1. The van der Waals surface area contributed by atoms with E-state index in [-0.39, 0.29) is 0 Å². The Balaban J connectivity index is 2.24. The molecule has 0 heterocycles. The first kappa shape index (κ1) is 15.4. The van der Waals surface area contributed by atoms with E-state index in [9.17, 15) is 9.13 Å². The maximum Gasteiger partial charge on any atom is 0.494 e. The fourth-order valence-corrected chi connectivity index (χ4v) is 2.11. The second kappa shape index (κ2) is 10.3. The number of hydrogen-bond acceptors (Lipinski definition) is 4.